The highest BCUT2D eigenvalue weighted by atomic mass is 16.2. The molecule has 1 saturated heterocycles. The second-order valence-corrected chi connectivity index (χ2v) is 4.20. The van der Waals surface area contributed by atoms with Gasteiger partial charge in [0, 0.05) is 45.1 Å². The van der Waals surface area contributed by atoms with Gasteiger partial charge in [0.1, 0.15) is 0 Å². The summed E-state index contributed by atoms with van der Waals surface area (Å²) in [5.41, 5.74) is 2.45. The molecule has 1 fully saturated rings. The summed E-state index contributed by atoms with van der Waals surface area (Å²) in [4.78, 5) is 17.2. The van der Waals surface area contributed by atoms with Crippen LogP contribution in [-0.2, 0) is 6.54 Å². The molecule has 2 N–H and O–H groups in total. The van der Waals surface area contributed by atoms with Gasteiger partial charge in [0.15, 0.2) is 0 Å². The van der Waals surface area contributed by atoms with Crippen molar-refractivity contribution in [2.45, 2.75) is 13.5 Å². The van der Waals surface area contributed by atoms with E-state index in [1.807, 2.05) is 17.2 Å². The van der Waals surface area contributed by atoms with Gasteiger partial charge in [0.25, 0.3) is 0 Å². The lowest BCUT2D eigenvalue weighted by molar-refractivity contribution is 0.217. The lowest BCUT2D eigenvalue weighted by atomic mass is 10.1. The molecule has 1 aliphatic heterocycles. The van der Waals surface area contributed by atoms with E-state index in [9.17, 15) is 4.79 Å². The zero-order valence-corrected chi connectivity index (χ0v) is 10.1. The maximum Gasteiger partial charge on any atom is 0.317 e. The highest BCUT2D eigenvalue weighted by molar-refractivity contribution is 5.76. The molecule has 17 heavy (non-hydrogen) atoms. The van der Waals surface area contributed by atoms with Crippen molar-refractivity contribution in [3.8, 4) is 0 Å². The van der Waals surface area contributed by atoms with Crippen LogP contribution in [0.3, 0.4) is 0 Å². The molecule has 0 atom stereocenters. The van der Waals surface area contributed by atoms with Crippen molar-refractivity contribution < 1.29 is 4.79 Å². The number of aromatic nitrogens is 1. The average molecular weight is 234 g/mol. The third-order valence-electron chi connectivity index (χ3n) is 2.97. The molecule has 1 aromatic heterocycles. The maximum atomic E-state index is 11.3. The summed E-state index contributed by atoms with van der Waals surface area (Å²) in [7, 11) is 0. The quantitative estimate of drug-likeness (QED) is 0.730. The molecule has 2 amide bonds. The standard InChI is InChI=1S/C12H18N4O/c1-10-2-3-13-8-11(10)9-14-4-6-16-7-5-15-12(16)17/h2-3,8,14H,4-7,9H2,1H3,(H,15,17). The van der Waals surface area contributed by atoms with E-state index in [0.717, 1.165) is 32.7 Å². The predicted octanol–water partition coefficient (Wildman–Crippen LogP) is 0.505. The zero-order valence-electron chi connectivity index (χ0n) is 10.1. The summed E-state index contributed by atoms with van der Waals surface area (Å²) >= 11 is 0. The lowest BCUT2D eigenvalue weighted by Crippen LogP contribution is -2.34. The third kappa shape index (κ3) is 3.17. The highest BCUT2D eigenvalue weighted by Crippen LogP contribution is 2.03. The van der Waals surface area contributed by atoms with E-state index in [0.29, 0.717) is 0 Å². The van der Waals surface area contributed by atoms with E-state index in [-0.39, 0.29) is 6.03 Å². The van der Waals surface area contributed by atoms with Crippen LogP contribution in [0.15, 0.2) is 18.5 Å². The van der Waals surface area contributed by atoms with Crippen LogP contribution in [0.5, 0.6) is 0 Å². The average Bonchev–Trinajstić information content (AvgIpc) is 2.73. The van der Waals surface area contributed by atoms with Gasteiger partial charge in [-0.05, 0) is 24.1 Å². The maximum absolute atomic E-state index is 11.3. The Hall–Kier alpha value is -1.62. The third-order valence-corrected chi connectivity index (χ3v) is 2.97. The highest BCUT2D eigenvalue weighted by Gasteiger charge is 2.17. The first-order chi connectivity index (χ1) is 8.27. The van der Waals surface area contributed by atoms with Gasteiger partial charge in [-0.2, -0.15) is 0 Å². The fraction of sp³-hybridized carbons (Fsp3) is 0.500. The van der Waals surface area contributed by atoms with E-state index in [1.54, 1.807) is 6.20 Å². The van der Waals surface area contributed by atoms with Gasteiger partial charge >= 0.3 is 6.03 Å². The fourth-order valence-electron chi connectivity index (χ4n) is 1.84. The SMILES string of the molecule is Cc1ccncc1CNCCN1CCNC1=O. The first-order valence-corrected chi connectivity index (χ1v) is 5.90. The van der Waals surface area contributed by atoms with Gasteiger partial charge in [-0.15, -0.1) is 0 Å². The van der Waals surface area contributed by atoms with Gasteiger partial charge in [-0.25, -0.2) is 4.79 Å². The summed E-state index contributed by atoms with van der Waals surface area (Å²) in [6.45, 7) is 6.02. The smallest absolute Gasteiger partial charge is 0.317 e. The molecule has 5 nitrogen and oxygen atoms in total. The van der Waals surface area contributed by atoms with Crippen LogP contribution in [-0.4, -0.2) is 42.1 Å². The van der Waals surface area contributed by atoms with E-state index in [2.05, 4.69) is 22.5 Å². The minimum atomic E-state index is 0.0457. The van der Waals surface area contributed by atoms with Gasteiger partial charge in [-0.3, -0.25) is 4.98 Å². The Morgan fingerprint density at radius 1 is 1.59 bits per heavy atom. The summed E-state index contributed by atoms with van der Waals surface area (Å²) < 4.78 is 0. The number of pyridine rings is 1. The first-order valence-electron chi connectivity index (χ1n) is 5.90. The largest absolute Gasteiger partial charge is 0.336 e. The zero-order chi connectivity index (χ0) is 12.1. The van der Waals surface area contributed by atoms with Crippen LogP contribution in [0, 0.1) is 6.92 Å². The number of amides is 2. The van der Waals surface area contributed by atoms with Crippen molar-refractivity contribution in [3.05, 3.63) is 29.6 Å². The number of hydrogen-bond donors (Lipinski definition) is 2. The minimum Gasteiger partial charge on any atom is -0.336 e. The number of carbonyl (C=O) groups excluding carboxylic acids is 1. The molecule has 1 aliphatic rings. The topological polar surface area (TPSA) is 57.3 Å². The molecule has 1 aromatic rings. The fourth-order valence-corrected chi connectivity index (χ4v) is 1.84. The van der Waals surface area contributed by atoms with Crippen LogP contribution < -0.4 is 10.6 Å². The molecule has 2 heterocycles. The van der Waals surface area contributed by atoms with Crippen LogP contribution >= 0.6 is 0 Å². The Morgan fingerprint density at radius 3 is 3.18 bits per heavy atom. The van der Waals surface area contributed by atoms with Crippen molar-refractivity contribution in [2.24, 2.45) is 0 Å². The van der Waals surface area contributed by atoms with Crippen molar-refractivity contribution in [3.63, 3.8) is 0 Å². The number of urea groups is 1. The normalized spacial score (nSPS) is 15.1. The number of rotatable bonds is 5. The minimum absolute atomic E-state index is 0.0457. The van der Waals surface area contributed by atoms with E-state index >= 15 is 0 Å². The Morgan fingerprint density at radius 2 is 2.47 bits per heavy atom. The molecule has 92 valence electrons. The molecule has 0 unspecified atom stereocenters. The molecule has 0 bridgehead atoms. The molecule has 0 aliphatic carbocycles. The van der Waals surface area contributed by atoms with Crippen molar-refractivity contribution in [1.29, 1.82) is 0 Å². The van der Waals surface area contributed by atoms with E-state index in [4.69, 9.17) is 0 Å². The van der Waals surface area contributed by atoms with Crippen molar-refractivity contribution in [2.75, 3.05) is 26.2 Å². The summed E-state index contributed by atoms with van der Waals surface area (Å²) in [5, 5.41) is 6.11. The molecular formula is C12H18N4O. The summed E-state index contributed by atoms with van der Waals surface area (Å²) in [5.74, 6) is 0. The molecule has 0 radical (unpaired) electrons. The number of nitrogens with one attached hydrogen (secondary N) is 2. The van der Waals surface area contributed by atoms with Crippen LogP contribution in [0.4, 0.5) is 4.79 Å². The first kappa shape index (κ1) is 11.9. The number of carbonyl (C=O) groups is 1. The van der Waals surface area contributed by atoms with Crippen LogP contribution in [0.2, 0.25) is 0 Å². The molecule has 5 heteroatoms. The van der Waals surface area contributed by atoms with Gasteiger partial charge < -0.3 is 15.5 Å². The summed E-state index contributed by atoms with van der Waals surface area (Å²) in [6, 6.07) is 2.05. The Kier molecular flexibility index (Phi) is 3.93. The van der Waals surface area contributed by atoms with E-state index < -0.39 is 0 Å². The van der Waals surface area contributed by atoms with Crippen molar-refractivity contribution in [1.82, 2.24) is 20.5 Å². The number of aryl methyl sites for hydroxylation is 1. The van der Waals surface area contributed by atoms with Gasteiger partial charge in [0.05, 0.1) is 0 Å². The lowest BCUT2D eigenvalue weighted by Gasteiger charge is -2.14. The number of hydrogen-bond acceptors (Lipinski definition) is 3. The monoisotopic (exact) mass is 234 g/mol. The second kappa shape index (κ2) is 5.63. The Bertz CT molecular complexity index is 394. The molecule has 0 aromatic carbocycles. The van der Waals surface area contributed by atoms with Gasteiger partial charge in [-0.1, -0.05) is 0 Å². The second-order valence-electron chi connectivity index (χ2n) is 4.20. The van der Waals surface area contributed by atoms with E-state index in [1.165, 1.54) is 11.1 Å². The molecule has 0 spiro atoms. The predicted molar refractivity (Wildman–Crippen MR) is 65.7 cm³/mol. The Labute approximate surface area is 101 Å². The summed E-state index contributed by atoms with van der Waals surface area (Å²) in [6.07, 6.45) is 3.68. The Balaban J connectivity index is 1.70. The van der Waals surface area contributed by atoms with Crippen molar-refractivity contribution >= 4 is 6.03 Å². The molecule has 0 saturated carbocycles. The molecule has 2 rings (SSSR count). The van der Waals surface area contributed by atoms with Crippen LogP contribution in [0.1, 0.15) is 11.1 Å². The molecular weight excluding hydrogens is 216 g/mol. The van der Waals surface area contributed by atoms with Crippen LogP contribution in [0.25, 0.3) is 0 Å². The van der Waals surface area contributed by atoms with Gasteiger partial charge in [0.2, 0.25) is 0 Å². The number of nitrogens with zero attached hydrogens (tertiary/aromatic N) is 2.